The van der Waals surface area contributed by atoms with Crippen LogP contribution in [0.3, 0.4) is 0 Å². The van der Waals surface area contributed by atoms with E-state index >= 15 is 0 Å². The van der Waals surface area contributed by atoms with Gasteiger partial charge in [-0.1, -0.05) is 67.6 Å². The van der Waals surface area contributed by atoms with Gasteiger partial charge in [-0.2, -0.15) is 0 Å². The lowest BCUT2D eigenvalue weighted by Crippen LogP contribution is -1.79. The van der Waals surface area contributed by atoms with Crippen molar-refractivity contribution in [2.24, 2.45) is 0 Å². The van der Waals surface area contributed by atoms with Crippen LogP contribution in [-0.2, 0) is 6.42 Å². The average molecular weight is 298 g/mol. The fraction of sp³-hybridized carbons (Fsp3) is 0.0909. The van der Waals surface area contributed by atoms with Gasteiger partial charge in [0.15, 0.2) is 0 Å². The molecule has 0 spiro atoms. The van der Waals surface area contributed by atoms with Crippen molar-refractivity contribution in [2.45, 2.75) is 13.3 Å². The number of hydrogen-bond donors (Lipinski definition) is 0. The van der Waals surface area contributed by atoms with Gasteiger partial charge in [0.1, 0.15) is 11.5 Å². The summed E-state index contributed by atoms with van der Waals surface area (Å²) in [4.78, 5) is 0. The van der Waals surface area contributed by atoms with Gasteiger partial charge in [0.05, 0.1) is 0 Å². The lowest BCUT2D eigenvalue weighted by Gasteiger charge is -2.02. The molecule has 1 heteroatoms. The van der Waals surface area contributed by atoms with Gasteiger partial charge in [-0.3, -0.25) is 0 Å². The van der Waals surface area contributed by atoms with Gasteiger partial charge in [-0.25, -0.2) is 0 Å². The topological polar surface area (TPSA) is 13.1 Å². The van der Waals surface area contributed by atoms with Crippen LogP contribution < -0.4 is 0 Å². The molecule has 0 unspecified atom stereocenters. The van der Waals surface area contributed by atoms with Gasteiger partial charge in [0.2, 0.25) is 0 Å². The number of rotatable bonds is 3. The Balaban J connectivity index is 1.70. The smallest absolute Gasteiger partial charge is 0.134 e. The van der Waals surface area contributed by atoms with E-state index in [0.29, 0.717) is 0 Å². The summed E-state index contributed by atoms with van der Waals surface area (Å²) in [6.45, 7) is 2.17. The molecule has 0 bridgehead atoms. The van der Waals surface area contributed by atoms with Crippen molar-refractivity contribution < 1.29 is 4.42 Å². The van der Waals surface area contributed by atoms with E-state index in [0.717, 1.165) is 29.1 Å². The van der Waals surface area contributed by atoms with E-state index in [1.807, 2.05) is 12.1 Å². The number of aryl methyl sites for hydroxylation is 1. The Kier molecular flexibility index (Phi) is 3.47. The van der Waals surface area contributed by atoms with Crippen molar-refractivity contribution in [3.63, 3.8) is 0 Å². The minimum Gasteiger partial charge on any atom is -0.456 e. The molecule has 0 atom stereocenters. The summed E-state index contributed by atoms with van der Waals surface area (Å²) < 4.78 is 6.08. The normalized spacial score (nSPS) is 11.0. The predicted octanol–water partition coefficient (Wildman–Crippen LogP) is 6.33. The van der Waals surface area contributed by atoms with Crippen LogP contribution in [0.4, 0.5) is 0 Å². The zero-order valence-corrected chi connectivity index (χ0v) is 13.1. The van der Waals surface area contributed by atoms with E-state index in [1.165, 1.54) is 16.3 Å². The van der Waals surface area contributed by atoms with Crippen LogP contribution in [-0.4, -0.2) is 0 Å². The van der Waals surface area contributed by atoms with Gasteiger partial charge in [0.25, 0.3) is 0 Å². The number of fused-ring (bicyclic) bond motifs is 1. The van der Waals surface area contributed by atoms with E-state index in [-0.39, 0.29) is 0 Å². The monoisotopic (exact) mass is 298 g/mol. The van der Waals surface area contributed by atoms with Crippen molar-refractivity contribution in [1.29, 1.82) is 0 Å². The molecule has 0 aliphatic rings. The van der Waals surface area contributed by atoms with Crippen LogP contribution in [0.25, 0.3) is 33.4 Å². The summed E-state index contributed by atoms with van der Waals surface area (Å²) >= 11 is 0. The van der Waals surface area contributed by atoms with Gasteiger partial charge < -0.3 is 4.42 Å². The molecule has 3 aromatic carbocycles. The molecule has 112 valence electrons. The summed E-state index contributed by atoms with van der Waals surface area (Å²) in [6, 6.07) is 27.5. The van der Waals surface area contributed by atoms with Crippen molar-refractivity contribution in [1.82, 2.24) is 0 Å². The lowest BCUT2D eigenvalue weighted by atomic mass is 10.1. The highest BCUT2D eigenvalue weighted by Gasteiger charge is 2.07. The highest BCUT2D eigenvalue weighted by atomic mass is 16.3. The maximum Gasteiger partial charge on any atom is 0.134 e. The summed E-state index contributed by atoms with van der Waals surface area (Å²) in [5.41, 5.74) is 3.57. The molecule has 1 aromatic heterocycles. The predicted molar refractivity (Wildman–Crippen MR) is 96.5 cm³/mol. The molecule has 4 aromatic rings. The third-order valence-electron chi connectivity index (χ3n) is 4.29. The third-order valence-corrected chi connectivity index (χ3v) is 4.29. The fourth-order valence-electron chi connectivity index (χ4n) is 2.90. The molecule has 1 heterocycles. The Morgan fingerprint density at radius 3 is 2.04 bits per heavy atom. The minimum atomic E-state index is 0.908. The number of benzene rings is 3. The quantitative estimate of drug-likeness (QED) is 0.431. The largest absolute Gasteiger partial charge is 0.456 e. The van der Waals surface area contributed by atoms with E-state index in [2.05, 4.69) is 73.7 Å². The minimum absolute atomic E-state index is 0.908. The van der Waals surface area contributed by atoms with E-state index < -0.39 is 0 Å². The molecule has 0 saturated carbocycles. The summed E-state index contributed by atoms with van der Waals surface area (Å²) in [6.07, 6.45) is 1.06. The first-order valence-corrected chi connectivity index (χ1v) is 8.02. The molecule has 1 nitrogen and oxygen atoms in total. The van der Waals surface area contributed by atoms with Crippen molar-refractivity contribution in [2.75, 3.05) is 0 Å². The number of furan rings is 1. The average Bonchev–Trinajstić information content (AvgIpc) is 3.11. The van der Waals surface area contributed by atoms with Crippen LogP contribution in [0.15, 0.2) is 83.3 Å². The molecule has 0 amide bonds. The Bertz CT molecular complexity index is 945. The molecule has 0 aliphatic heterocycles. The molecule has 23 heavy (non-hydrogen) atoms. The van der Waals surface area contributed by atoms with Crippen molar-refractivity contribution in [3.8, 4) is 22.6 Å². The van der Waals surface area contributed by atoms with E-state index in [9.17, 15) is 0 Å². The summed E-state index contributed by atoms with van der Waals surface area (Å²) in [5.74, 6) is 1.82. The molecular formula is C22H18O. The Labute approximate surface area is 136 Å². The Hall–Kier alpha value is -2.80. The summed E-state index contributed by atoms with van der Waals surface area (Å²) in [5, 5.41) is 2.48. The molecule has 0 saturated heterocycles. The van der Waals surface area contributed by atoms with E-state index in [1.54, 1.807) is 0 Å². The molecule has 0 radical (unpaired) electrons. The first kappa shape index (κ1) is 13.8. The maximum absolute atomic E-state index is 6.08. The van der Waals surface area contributed by atoms with Gasteiger partial charge >= 0.3 is 0 Å². The third kappa shape index (κ3) is 2.66. The van der Waals surface area contributed by atoms with Gasteiger partial charge in [-0.15, -0.1) is 0 Å². The summed E-state index contributed by atoms with van der Waals surface area (Å²) in [7, 11) is 0. The first-order valence-electron chi connectivity index (χ1n) is 8.02. The number of hydrogen-bond acceptors (Lipinski definition) is 1. The highest BCUT2D eigenvalue weighted by Crippen LogP contribution is 2.30. The highest BCUT2D eigenvalue weighted by molar-refractivity contribution is 5.86. The Morgan fingerprint density at radius 2 is 1.30 bits per heavy atom. The molecule has 4 rings (SSSR count). The zero-order valence-electron chi connectivity index (χ0n) is 13.1. The van der Waals surface area contributed by atoms with Crippen molar-refractivity contribution >= 4 is 10.8 Å². The van der Waals surface area contributed by atoms with Gasteiger partial charge in [0, 0.05) is 11.1 Å². The van der Waals surface area contributed by atoms with Gasteiger partial charge in [-0.05, 0) is 41.0 Å². The van der Waals surface area contributed by atoms with Crippen LogP contribution >= 0.6 is 0 Å². The van der Waals surface area contributed by atoms with E-state index in [4.69, 9.17) is 4.42 Å². The van der Waals surface area contributed by atoms with Crippen LogP contribution in [0.1, 0.15) is 12.5 Å². The second-order valence-corrected chi connectivity index (χ2v) is 5.78. The first-order chi connectivity index (χ1) is 11.3. The maximum atomic E-state index is 6.08. The SMILES string of the molecule is CCc1ccc(-c2ccc(-c3ccc4ccccc4c3)o2)cc1. The zero-order chi connectivity index (χ0) is 15.6. The molecule has 0 aliphatic carbocycles. The molecule has 0 fully saturated rings. The molecular weight excluding hydrogens is 280 g/mol. The second-order valence-electron chi connectivity index (χ2n) is 5.78. The standard InChI is InChI=1S/C22H18O/c1-2-16-7-9-18(10-8-16)21-13-14-22(23-21)20-12-11-17-5-3-4-6-19(17)15-20/h3-15H,2H2,1H3. The van der Waals surface area contributed by atoms with Crippen molar-refractivity contribution in [3.05, 3.63) is 84.4 Å². The van der Waals surface area contributed by atoms with Crippen LogP contribution in [0.5, 0.6) is 0 Å². The second kappa shape index (κ2) is 5.77. The fourth-order valence-corrected chi connectivity index (χ4v) is 2.90. The van der Waals surface area contributed by atoms with Crippen LogP contribution in [0.2, 0.25) is 0 Å². The lowest BCUT2D eigenvalue weighted by molar-refractivity contribution is 0.597. The van der Waals surface area contributed by atoms with Crippen LogP contribution in [0, 0.1) is 0 Å². The Morgan fingerprint density at radius 1 is 0.652 bits per heavy atom. The molecule has 0 N–H and O–H groups in total.